The predicted octanol–water partition coefficient (Wildman–Crippen LogP) is 3.40. The van der Waals surface area contributed by atoms with E-state index in [0.29, 0.717) is 19.4 Å². The number of rotatable bonds is 11. The fraction of sp³-hybridized carbons (Fsp3) is 0.259. The number of nitrogens with zero attached hydrogens (tertiary/aromatic N) is 1. The first kappa shape index (κ1) is 27.1. The lowest BCUT2D eigenvalue weighted by Crippen LogP contribution is -2.52. The monoisotopic (exact) mass is 481 g/mol. The second kappa shape index (κ2) is 13.5. The van der Waals surface area contributed by atoms with Crippen LogP contribution in [0.4, 0.5) is 0 Å². The number of aliphatic hydroxyl groups is 1. The van der Waals surface area contributed by atoms with Crippen LogP contribution in [0.15, 0.2) is 91.0 Å². The van der Waals surface area contributed by atoms with Crippen LogP contribution in [0.1, 0.15) is 41.5 Å². The van der Waals surface area contributed by atoms with Gasteiger partial charge in [0.15, 0.2) is 0 Å². The molecule has 0 heterocycles. The highest BCUT2D eigenvalue weighted by molar-refractivity contribution is 5.92. The normalized spacial score (nSPS) is 12.4. The Labute approximate surface area is 207 Å². The van der Waals surface area contributed by atoms with E-state index in [1.807, 2.05) is 91.0 Å². The molecule has 2 amide bonds. The third-order valence-electron chi connectivity index (χ3n) is 5.81. The Morgan fingerprint density at radius 3 is 1.62 bits per heavy atom. The first-order valence-electron chi connectivity index (χ1n) is 11.2. The van der Waals surface area contributed by atoms with Gasteiger partial charge in [-0.1, -0.05) is 91.0 Å². The largest absolute Gasteiger partial charge is 0.394 e. The minimum absolute atomic E-state index is 0. The predicted molar refractivity (Wildman–Crippen MR) is 136 cm³/mol. The number of carbonyl (C=O) groups is 2. The Morgan fingerprint density at radius 2 is 1.24 bits per heavy atom. The van der Waals surface area contributed by atoms with E-state index in [2.05, 4.69) is 0 Å². The molecule has 0 bridgehead atoms. The van der Waals surface area contributed by atoms with Gasteiger partial charge in [0, 0.05) is 0 Å². The van der Waals surface area contributed by atoms with Crippen molar-refractivity contribution in [2.45, 2.75) is 30.8 Å². The Balaban J connectivity index is 0.00000408. The van der Waals surface area contributed by atoms with Crippen molar-refractivity contribution in [2.24, 2.45) is 11.5 Å². The molecule has 0 aromatic heterocycles. The molecule has 180 valence electrons. The van der Waals surface area contributed by atoms with E-state index in [-0.39, 0.29) is 24.9 Å². The summed E-state index contributed by atoms with van der Waals surface area (Å²) >= 11 is 0. The number of primary amides is 1. The fourth-order valence-electron chi connectivity index (χ4n) is 4.20. The number of halogens is 1. The number of hydrogen-bond donors (Lipinski definition) is 3. The van der Waals surface area contributed by atoms with Gasteiger partial charge in [0.25, 0.3) is 0 Å². The molecular weight excluding hydrogens is 450 g/mol. The minimum Gasteiger partial charge on any atom is -0.394 e. The van der Waals surface area contributed by atoms with Gasteiger partial charge in [0.1, 0.15) is 6.04 Å². The van der Waals surface area contributed by atoms with E-state index >= 15 is 0 Å². The van der Waals surface area contributed by atoms with Crippen molar-refractivity contribution < 1.29 is 14.7 Å². The zero-order valence-corrected chi connectivity index (χ0v) is 19.8. The average molecular weight is 482 g/mol. The summed E-state index contributed by atoms with van der Waals surface area (Å²) in [7, 11) is 0. The number of hydrogen-bond acceptors (Lipinski definition) is 4. The summed E-state index contributed by atoms with van der Waals surface area (Å²) in [6, 6.07) is 26.4. The van der Waals surface area contributed by atoms with Gasteiger partial charge in [-0.2, -0.15) is 0 Å². The molecule has 2 atom stereocenters. The number of nitrogens with two attached hydrogens (primary N) is 2. The van der Waals surface area contributed by atoms with Crippen LogP contribution in [-0.2, 0) is 9.59 Å². The second-order valence-corrected chi connectivity index (χ2v) is 7.96. The summed E-state index contributed by atoms with van der Waals surface area (Å²) < 4.78 is 0. The molecule has 3 aromatic rings. The summed E-state index contributed by atoms with van der Waals surface area (Å²) in [5.41, 5.74) is 13.8. The lowest BCUT2D eigenvalue weighted by molar-refractivity contribution is -0.144. The Kier molecular flexibility index (Phi) is 10.7. The summed E-state index contributed by atoms with van der Waals surface area (Å²) in [5, 5.41) is 10.4. The van der Waals surface area contributed by atoms with Gasteiger partial charge < -0.3 is 21.5 Å². The van der Waals surface area contributed by atoms with Crippen LogP contribution in [0.3, 0.4) is 0 Å². The molecule has 3 rings (SSSR count). The van der Waals surface area contributed by atoms with E-state index in [1.165, 1.54) is 4.90 Å². The maximum Gasteiger partial charge on any atom is 0.240 e. The van der Waals surface area contributed by atoms with Gasteiger partial charge in [0.2, 0.25) is 11.8 Å². The maximum absolute atomic E-state index is 14.3. The van der Waals surface area contributed by atoms with Gasteiger partial charge in [-0.25, -0.2) is 0 Å². The Hall–Kier alpha value is -3.19. The van der Waals surface area contributed by atoms with Crippen molar-refractivity contribution in [1.29, 1.82) is 0 Å². The van der Waals surface area contributed by atoms with E-state index in [1.54, 1.807) is 0 Å². The molecule has 0 spiro atoms. The van der Waals surface area contributed by atoms with Crippen LogP contribution >= 0.6 is 12.4 Å². The molecule has 0 aliphatic heterocycles. The number of aliphatic hydroxyl groups excluding tert-OH is 1. The van der Waals surface area contributed by atoms with E-state index in [4.69, 9.17) is 11.5 Å². The first-order chi connectivity index (χ1) is 16.1. The fourth-order valence-corrected chi connectivity index (χ4v) is 4.20. The van der Waals surface area contributed by atoms with Crippen LogP contribution in [-0.4, -0.2) is 41.0 Å². The van der Waals surface area contributed by atoms with Crippen molar-refractivity contribution in [3.63, 3.8) is 0 Å². The lowest BCUT2D eigenvalue weighted by atomic mass is 9.88. The van der Waals surface area contributed by atoms with Gasteiger partial charge >= 0.3 is 0 Å². The standard InChI is InChI=1S/C27H31N3O3.ClH/c28-18-10-17-23(26(29)32)30(24(19-31)20-11-4-1-5-12-20)27(33)25(21-13-6-2-7-14-21)22-15-8-3-9-16-22;/h1-9,11-16,23-25,31H,10,17-19,28H2,(H2,29,32);1H/t23-,24+;/m1./s1. The molecule has 0 radical (unpaired) electrons. The summed E-state index contributed by atoms with van der Waals surface area (Å²) in [4.78, 5) is 28.4. The number of carbonyl (C=O) groups excluding carboxylic acids is 2. The summed E-state index contributed by atoms with van der Waals surface area (Å²) in [6.45, 7) is 0.0141. The molecule has 0 fully saturated rings. The highest BCUT2D eigenvalue weighted by Crippen LogP contribution is 2.33. The van der Waals surface area contributed by atoms with Crippen molar-refractivity contribution >= 4 is 24.2 Å². The topological polar surface area (TPSA) is 110 Å². The van der Waals surface area contributed by atoms with Crippen LogP contribution in [0.25, 0.3) is 0 Å². The van der Waals surface area contributed by atoms with E-state index < -0.39 is 23.9 Å². The maximum atomic E-state index is 14.3. The van der Waals surface area contributed by atoms with Gasteiger partial charge in [-0.05, 0) is 36.1 Å². The van der Waals surface area contributed by atoms with Crippen LogP contribution in [0.5, 0.6) is 0 Å². The molecule has 7 heteroatoms. The van der Waals surface area contributed by atoms with Gasteiger partial charge in [-0.3, -0.25) is 9.59 Å². The molecule has 0 saturated carbocycles. The summed E-state index contributed by atoms with van der Waals surface area (Å²) in [6.07, 6.45) is 0.836. The van der Waals surface area contributed by atoms with Gasteiger partial charge in [0.05, 0.1) is 18.6 Å². The average Bonchev–Trinajstić information content (AvgIpc) is 2.85. The van der Waals surface area contributed by atoms with E-state index in [9.17, 15) is 14.7 Å². The van der Waals surface area contributed by atoms with Crippen LogP contribution in [0, 0.1) is 0 Å². The lowest BCUT2D eigenvalue weighted by Gasteiger charge is -2.38. The molecular formula is C27H32ClN3O3. The minimum atomic E-state index is -0.909. The van der Waals surface area contributed by atoms with Crippen molar-refractivity contribution in [3.05, 3.63) is 108 Å². The quantitative estimate of drug-likeness (QED) is 0.390. The van der Waals surface area contributed by atoms with Crippen molar-refractivity contribution in [2.75, 3.05) is 13.2 Å². The summed E-state index contributed by atoms with van der Waals surface area (Å²) in [5.74, 6) is -1.58. The Bertz CT molecular complexity index is 980. The molecule has 0 aliphatic carbocycles. The van der Waals surface area contributed by atoms with Gasteiger partial charge in [-0.15, -0.1) is 12.4 Å². The second-order valence-electron chi connectivity index (χ2n) is 7.96. The number of amides is 2. The molecule has 6 nitrogen and oxygen atoms in total. The Morgan fingerprint density at radius 1 is 0.794 bits per heavy atom. The molecule has 3 aromatic carbocycles. The zero-order chi connectivity index (χ0) is 23.6. The highest BCUT2D eigenvalue weighted by Gasteiger charge is 2.38. The van der Waals surface area contributed by atoms with Crippen LogP contribution < -0.4 is 11.5 Å². The molecule has 0 aliphatic rings. The highest BCUT2D eigenvalue weighted by atomic mass is 35.5. The molecule has 34 heavy (non-hydrogen) atoms. The smallest absolute Gasteiger partial charge is 0.240 e. The molecule has 0 saturated heterocycles. The van der Waals surface area contributed by atoms with Crippen molar-refractivity contribution in [1.82, 2.24) is 4.90 Å². The van der Waals surface area contributed by atoms with Crippen molar-refractivity contribution in [3.8, 4) is 0 Å². The van der Waals surface area contributed by atoms with E-state index in [0.717, 1.165) is 16.7 Å². The SMILES string of the molecule is Cl.NCCC[C@H](C(N)=O)N(C(=O)C(c1ccccc1)c1ccccc1)[C@@H](CO)c1ccccc1. The van der Waals surface area contributed by atoms with Crippen LogP contribution in [0.2, 0.25) is 0 Å². The zero-order valence-electron chi connectivity index (χ0n) is 19.0. The number of benzene rings is 3. The first-order valence-corrected chi connectivity index (χ1v) is 11.2. The molecule has 0 unspecified atom stereocenters. The molecule has 5 N–H and O–H groups in total. The third-order valence-corrected chi connectivity index (χ3v) is 5.81. The third kappa shape index (κ3) is 6.44.